The summed E-state index contributed by atoms with van der Waals surface area (Å²) in [5, 5.41) is 12.9. The Bertz CT molecular complexity index is 598. The molecule has 2 aromatic carbocycles. The van der Waals surface area contributed by atoms with E-state index in [-0.39, 0.29) is 5.91 Å². The minimum atomic E-state index is -0.580. The molecular weight excluding hydrogens is 278 g/mol. The number of amides is 1. The predicted molar refractivity (Wildman–Crippen MR) is 86.0 cm³/mol. The minimum Gasteiger partial charge on any atom is -0.493 e. The summed E-state index contributed by atoms with van der Waals surface area (Å²) in [6, 6.07) is 16.6. The summed E-state index contributed by atoms with van der Waals surface area (Å²) in [4.78, 5) is 12.2. The van der Waals surface area contributed by atoms with Gasteiger partial charge < -0.3 is 15.2 Å². The fourth-order valence-electron chi connectivity index (χ4n) is 2.20. The molecule has 0 aliphatic rings. The van der Waals surface area contributed by atoms with Crippen LogP contribution in [-0.2, 0) is 0 Å². The first kappa shape index (κ1) is 16.0. The molecule has 1 atom stereocenters. The van der Waals surface area contributed by atoms with Crippen LogP contribution < -0.4 is 10.1 Å². The van der Waals surface area contributed by atoms with Gasteiger partial charge in [-0.05, 0) is 31.0 Å². The smallest absolute Gasteiger partial charge is 0.255 e. The Labute approximate surface area is 130 Å². The monoisotopic (exact) mass is 299 g/mol. The van der Waals surface area contributed by atoms with Gasteiger partial charge >= 0.3 is 0 Å². The largest absolute Gasteiger partial charge is 0.493 e. The molecule has 1 amide bonds. The molecule has 0 aliphatic carbocycles. The van der Waals surface area contributed by atoms with E-state index in [1.54, 1.807) is 18.2 Å². The van der Waals surface area contributed by atoms with E-state index in [1.165, 1.54) is 0 Å². The molecule has 2 rings (SSSR count). The molecule has 4 heteroatoms. The van der Waals surface area contributed by atoms with Crippen molar-refractivity contribution in [3.05, 3.63) is 65.7 Å². The number of rotatable bonds is 7. The molecule has 0 spiro atoms. The number of para-hydroxylation sites is 1. The molecule has 0 fully saturated rings. The number of hydrogen-bond donors (Lipinski definition) is 2. The summed E-state index contributed by atoms with van der Waals surface area (Å²) < 4.78 is 5.44. The number of aliphatic hydroxyl groups excluding tert-OH is 1. The third-order valence-corrected chi connectivity index (χ3v) is 3.32. The highest BCUT2D eigenvalue weighted by atomic mass is 16.5. The highest BCUT2D eigenvalue weighted by molar-refractivity contribution is 5.96. The van der Waals surface area contributed by atoms with Crippen LogP contribution >= 0.6 is 0 Å². The van der Waals surface area contributed by atoms with Crippen LogP contribution in [0.5, 0.6) is 5.75 Å². The lowest BCUT2D eigenvalue weighted by Gasteiger charge is -2.13. The molecule has 0 heterocycles. The van der Waals surface area contributed by atoms with Crippen molar-refractivity contribution in [3.63, 3.8) is 0 Å². The van der Waals surface area contributed by atoms with E-state index in [4.69, 9.17) is 4.74 Å². The normalized spacial score (nSPS) is 11.7. The van der Waals surface area contributed by atoms with E-state index < -0.39 is 6.10 Å². The Balaban J connectivity index is 1.88. The fourth-order valence-corrected chi connectivity index (χ4v) is 2.20. The average molecular weight is 299 g/mol. The number of nitrogens with one attached hydrogen (secondary N) is 1. The zero-order chi connectivity index (χ0) is 15.8. The van der Waals surface area contributed by atoms with E-state index in [1.807, 2.05) is 43.3 Å². The number of aliphatic hydroxyl groups is 1. The molecule has 0 radical (unpaired) electrons. The van der Waals surface area contributed by atoms with Crippen LogP contribution in [0.4, 0.5) is 0 Å². The molecular formula is C18H21NO3. The third-order valence-electron chi connectivity index (χ3n) is 3.32. The first-order valence-corrected chi connectivity index (χ1v) is 7.45. The maximum atomic E-state index is 12.2. The molecule has 2 aromatic rings. The van der Waals surface area contributed by atoms with Crippen molar-refractivity contribution in [1.29, 1.82) is 0 Å². The average Bonchev–Trinajstić information content (AvgIpc) is 2.56. The highest BCUT2D eigenvalue weighted by Crippen LogP contribution is 2.18. The van der Waals surface area contributed by atoms with Crippen LogP contribution in [0.1, 0.15) is 35.4 Å². The number of benzene rings is 2. The van der Waals surface area contributed by atoms with Crippen molar-refractivity contribution in [2.75, 3.05) is 13.2 Å². The van der Waals surface area contributed by atoms with Crippen molar-refractivity contribution in [2.45, 2.75) is 19.4 Å². The minimum absolute atomic E-state index is 0.190. The summed E-state index contributed by atoms with van der Waals surface area (Å²) in [6.45, 7) is 2.79. The van der Waals surface area contributed by atoms with Crippen LogP contribution in [-0.4, -0.2) is 24.2 Å². The lowest BCUT2D eigenvalue weighted by molar-refractivity contribution is 0.0939. The molecule has 0 aromatic heterocycles. The van der Waals surface area contributed by atoms with Gasteiger partial charge in [0.2, 0.25) is 0 Å². The van der Waals surface area contributed by atoms with E-state index in [0.29, 0.717) is 30.9 Å². The number of carbonyl (C=O) groups excluding carboxylic acids is 1. The maximum Gasteiger partial charge on any atom is 0.255 e. The summed E-state index contributed by atoms with van der Waals surface area (Å²) in [7, 11) is 0. The Morgan fingerprint density at radius 1 is 1.14 bits per heavy atom. The van der Waals surface area contributed by atoms with E-state index in [0.717, 1.165) is 5.56 Å². The van der Waals surface area contributed by atoms with Crippen LogP contribution in [0, 0.1) is 0 Å². The molecule has 0 aliphatic heterocycles. The van der Waals surface area contributed by atoms with Gasteiger partial charge in [0.15, 0.2) is 0 Å². The molecule has 4 nitrogen and oxygen atoms in total. The topological polar surface area (TPSA) is 58.6 Å². The van der Waals surface area contributed by atoms with Gasteiger partial charge in [-0.15, -0.1) is 0 Å². The Kier molecular flexibility index (Phi) is 5.98. The van der Waals surface area contributed by atoms with Gasteiger partial charge in [-0.3, -0.25) is 4.79 Å². The first-order chi connectivity index (χ1) is 10.7. The van der Waals surface area contributed by atoms with Crippen LogP contribution in [0.15, 0.2) is 54.6 Å². The second-order valence-corrected chi connectivity index (χ2v) is 4.90. The van der Waals surface area contributed by atoms with Gasteiger partial charge in [0.25, 0.3) is 5.91 Å². The second-order valence-electron chi connectivity index (χ2n) is 4.90. The van der Waals surface area contributed by atoms with Crippen molar-refractivity contribution in [2.24, 2.45) is 0 Å². The summed E-state index contributed by atoms with van der Waals surface area (Å²) >= 11 is 0. The van der Waals surface area contributed by atoms with Gasteiger partial charge in [0.05, 0.1) is 18.3 Å². The lowest BCUT2D eigenvalue weighted by Crippen LogP contribution is -2.26. The highest BCUT2D eigenvalue weighted by Gasteiger charge is 2.12. The number of carbonyl (C=O) groups is 1. The standard InChI is InChI=1S/C18H21NO3/c1-2-22-17-11-7-6-10-15(17)18(21)19-13-12-16(20)14-8-4-3-5-9-14/h3-11,16,20H,2,12-13H2,1H3,(H,19,21)/t16-/m1/s1. The number of hydrogen-bond acceptors (Lipinski definition) is 3. The molecule has 0 bridgehead atoms. The van der Waals surface area contributed by atoms with Gasteiger partial charge in [0.1, 0.15) is 5.75 Å². The van der Waals surface area contributed by atoms with Crippen LogP contribution in [0.25, 0.3) is 0 Å². The Morgan fingerprint density at radius 3 is 2.55 bits per heavy atom. The van der Waals surface area contributed by atoms with Gasteiger partial charge in [0, 0.05) is 6.54 Å². The SMILES string of the molecule is CCOc1ccccc1C(=O)NCC[C@@H](O)c1ccccc1. The zero-order valence-corrected chi connectivity index (χ0v) is 12.7. The quantitative estimate of drug-likeness (QED) is 0.826. The van der Waals surface area contributed by atoms with Gasteiger partial charge in [-0.25, -0.2) is 0 Å². The zero-order valence-electron chi connectivity index (χ0n) is 12.7. The molecule has 22 heavy (non-hydrogen) atoms. The van der Waals surface area contributed by atoms with Crippen molar-refractivity contribution < 1.29 is 14.6 Å². The summed E-state index contributed by atoms with van der Waals surface area (Å²) in [5.74, 6) is 0.385. The van der Waals surface area contributed by atoms with Crippen molar-refractivity contribution >= 4 is 5.91 Å². The maximum absolute atomic E-state index is 12.2. The molecule has 116 valence electrons. The van der Waals surface area contributed by atoms with Gasteiger partial charge in [-0.2, -0.15) is 0 Å². The molecule has 2 N–H and O–H groups in total. The molecule has 0 unspecified atom stereocenters. The van der Waals surface area contributed by atoms with Crippen molar-refractivity contribution in [1.82, 2.24) is 5.32 Å². The summed E-state index contributed by atoms with van der Waals surface area (Å²) in [6.07, 6.45) is -0.115. The fraction of sp³-hybridized carbons (Fsp3) is 0.278. The molecule has 0 saturated carbocycles. The van der Waals surface area contributed by atoms with E-state index in [9.17, 15) is 9.90 Å². The van der Waals surface area contributed by atoms with Crippen LogP contribution in [0.2, 0.25) is 0 Å². The first-order valence-electron chi connectivity index (χ1n) is 7.45. The predicted octanol–water partition coefficient (Wildman–Crippen LogP) is 2.94. The Morgan fingerprint density at radius 2 is 1.82 bits per heavy atom. The molecule has 0 saturated heterocycles. The lowest BCUT2D eigenvalue weighted by atomic mass is 10.1. The van der Waals surface area contributed by atoms with E-state index >= 15 is 0 Å². The Hall–Kier alpha value is -2.33. The third kappa shape index (κ3) is 4.33. The van der Waals surface area contributed by atoms with E-state index in [2.05, 4.69) is 5.32 Å². The second kappa shape index (κ2) is 8.20. The van der Waals surface area contributed by atoms with Crippen molar-refractivity contribution in [3.8, 4) is 5.75 Å². The summed E-state index contributed by atoms with van der Waals surface area (Å²) in [5.41, 5.74) is 1.37. The number of ether oxygens (including phenoxy) is 1. The van der Waals surface area contributed by atoms with Crippen LogP contribution in [0.3, 0.4) is 0 Å². The van der Waals surface area contributed by atoms with Gasteiger partial charge in [-0.1, -0.05) is 42.5 Å².